The summed E-state index contributed by atoms with van der Waals surface area (Å²) in [6, 6.07) is 26.2. The van der Waals surface area contributed by atoms with Crippen LogP contribution in [0.1, 0.15) is 21.5 Å². The fraction of sp³-hybridized carbons (Fsp3) is 0.120. The fourth-order valence-electron chi connectivity index (χ4n) is 4.05. The molecule has 136 valence electrons. The van der Waals surface area contributed by atoms with Gasteiger partial charge in [-0.05, 0) is 42.7 Å². The van der Waals surface area contributed by atoms with Crippen molar-refractivity contribution < 1.29 is 4.79 Å². The topological polar surface area (TPSA) is 33.2 Å². The number of anilines is 1. The van der Waals surface area contributed by atoms with Crippen LogP contribution in [0.5, 0.6) is 0 Å². The highest BCUT2D eigenvalue weighted by Crippen LogP contribution is 2.32. The van der Waals surface area contributed by atoms with Crippen molar-refractivity contribution >= 4 is 22.5 Å². The van der Waals surface area contributed by atoms with E-state index in [-0.39, 0.29) is 5.91 Å². The number of rotatable bonds is 2. The summed E-state index contributed by atoms with van der Waals surface area (Å²) in [7, 11) is 0. The summed E-state index contributed by atoms with van der Waals surface area (Å²) in [6.45, 7) is 2.79. The maximum Gasteiger partial charge on any atom is 0.259 e. The Kier molecular flexibility index (Phi) is 3.94. The van der Waals surface area contributed by atoms with Crippen LogP contribution in [0, 0.1) is 6.92 Å². The Morgan fingerprint density at radius 2 is 1.68 bits per heavy atom. The van der Waals surface area contributed by atoms with Crippen molar-refractivity contribution in [1.82, 2.24) is 4.98 Å². The molecule has 4 aromatic rings. The molecule has 28 heavy (non-hydrogen) atoms. The van der Waals surface area contributed by atoms with Gasteiger partial charge in [-0.15, -0.1) is 0 Å². The summed E-state index contributed by atoms with van der Waals surface area (Å²) >= 11 is 0. The van der Waals surface area contributed by atoms with Gasteiger partial charge in [-0.25, -0.2) is 4.98 Å². The lowest BCUT2D eigenvalue weighted by Crippen LogP contribution is -2.29. The minimum Gasteiger partial charge on any atom is -0.308 e. The maximum absolute atomic E-state index is 13.6. The number of amides is 1. The van der Waals surface area contributed by atoms with E-state index in [1.165, 1.54) is 5.56 Å². The molecule has 1 aromatic heterocycles. The number of hydrogen-bond donors (Lipinski definition) is 0. The SMILES string of the molecule is Cc1ccccc1-c1cc(C(=O)N2CCc3ccccc32)c2ccccc2n1. The molecule has 1 aliphatic heterocycles. The van der Waals surface area contributed by atoms with E-state index in [4.69, 9.17) is 4.98 Å². The number of carbonyl (C=O) groups excluding carboxylic acids is 1. The van der Waals surface area contributed by atoms with Crippen molar-refractivity contribution in [2.24, 2.45) is 0 Å². The van der Waals surface area contributed by atoms with Gasteiger partial charge < -0.3 is 4.90 Å². The molecule has 3 nitrogen and oxygen atoms in total. The fourth-order valence-corrected chi connectivity index (χ4v) is 4.05. The second-order valence-corrected chi connectivity index (χ2v) is 7.22. The van der Waals surface area contributed by atoms with Crippen molar-refractivity contribution in [2.45, 2.75) is 13.3 Å². The van der Waals surface area contributed by atoms with Crippen LogP contribution in [-0.2, 0) is 6.42 Å². The molecule has 0 N–H and O–H groups in total. The molecule has 1 aliphatic rings. The van der Waals surface area contributed by atoms with Crippen LogP contribution in [-0.4, -0.2) is 17.4 Å². The number of para-hydroxylation sites is 2. The number of aryl methyl sites for hydroxylation is 1. The number of aromatic nitrogens is 1. The minimum atomic E-state index is 0.0402. The van der Waals surface area contributed by atoms with Crippen LogP contribution in [0.25, 0.3) is 22.2 Å². The summed E-state index contributed by atoms with van der Waals surface area (Å²) in [6.07, 6.45) is 0.898. The van der Waals surface area contributed by atoms with Gasteiger partial charge in [0.2, 0.25) is 0 Å². The van der Waals surface area contributed by atoms with Crippen LogP contribution in [0.3, 0.4) is 0 Å². The first-order chi connectivity index (χ1) is 13.7. The van der Waals surface area contributed by atoms with Crippen molar-refractivity contribution in [2.75, 3.05) is 11.4 Å². The standard InChI is InChI=1S/C25H20N2O/c1-17-8-2-4-10-19(17)23-16-21(20-11-5-6-12-22(20)26-23)25(28)27-15-14-18-9-3-7-13-24(18)27/h2-13,16H,14-15H2,1H3. The number of hydrogen-bond acceptors (Lipinski definition) is 2. The highest BCUT2D eigenvalue weighted by Gasteiger charge is 2.27. The number of benzene rings is 3. The number of nitrogens with zero attached hydrogens (tertiary/aromatic N) is 2. The Morgan fingerprint density at radius 3 is 2.57 bits per heavy atom. The largest absolute Gasteiger partial charge is 0.308 e. The van der Waals surface area contributed by atoms with E-state index in [1.54, 1.807) is 0 Å². The molecule has 5 rings (SSSR count). The van der Waals surface area contributed by atoms with Gasteiger partial charge in [-0.2, -0.15) is 0 Å². The van der Waals surface area contributed by atoms with Gasteiger partial charge >= 0.3 is 0 Å². The number of pyridine rings is 1. The molecule has 3 heteroatoms. The van der Waals surface area contributed by atoms with Crippen molar-refractivity contribution in [3.8, 4) is 11.3 Å². The average molecular weight is 364 g/mol. The molecule has 2 heterocycles. The normalized spacial score (nSPS) is 13.0. The van der Waals surface area contributed by atoms with E-state index in [0.29, 0.717) is 12.1 Å². The lowest BCUT2D eigenvalue weighted by molar-refractivity contribution is 0.0991. The van der Waals surface area contributed by atoms with E-state index < -0.39 is 0 Å². The molecule has 0 atom stereocenters. The van der Waals surface area contributed by atoms with Crippen molar-refractivity contribution in [3.05, 3.63) is 95.6 Å². The molecule has 0 unspecified atom stereocenters. The Hall–Kier alpha value is -3.46. The Morgan fingerprint density at radius 1 is 0.929 bits per heavy atom. The van der Waals surface area contributed by atoms with Crippen molar-refractivity contribution in [1.29, 1.82) is 0 Å². The molecule has 0 saturated heterocycles. The Balaban J connectivity index is 1.69. The van der Waals surface area contributed by atoms with Gasteiger partial charge in [0.15, 0.2) is 0 Å². The summed E-state index contributed by atoms with van der Waals surface area (Å²) in [5.41, 5.74) is 6.85. The first-order valence-corrected chi connectivity index (χ1v) is 9.58. The smallest absolute Gasteiger partial charge is 0.259 e. The van der Waals surface area contributed by atoms with E-state index >= 15 is 0 Å². The van der Waals surface area contributed by atoms with Crippen molar-refractivity contribution in [3.63, 3.8) is 0 Å². The quantitative estimate of drug-likeness (QED) is 0.476. The average Bonchev–Trinajstić information content (AvgIpc) is 3.17. The van der Waals surface area contributed by atoms with Crippen LogP contribution >= 0.6 is 0 Å². The monoisotopic (exact) mass is 364 g/mol. The van der Waals surface area contributed by atoms with Crippen LogP contribution in [0.4, 0.5) is 5.69 Å². The molecule has 0 fully saturated rings. The molecule has 0 radical (unpaired) electrons. The summed E-state index contributed by atoms with van der Waals surface area (Å²) in [5.74, 6) is 0.0402. The van der Waals surface area contributed by atoms with Crippen LogP contribution < -0.4 is 4.90 Å². The first kappa shape index (κ1) is 16.7. The number of carbonyl (C=O) groups is 1. The molecule has 0 bridgehead atoms. The van der Waals surface area contributed by atoms with Gasteiger partial charge in [0, 0.05) is 23.2 Å². The molecule has 0 aliphatic carbocycles. The van der Waals surface area contributed by atoms with E-state index in [2.05, 4.69) is 25.1 Å². The van der Waals surface area contributed by atoms with Gasteiger partial charge in [0.25, 0.3) is 5.91 Å². The molecular weight excluding hydrogens is 344 g/mol. The third-order valence-corrected chi connectivity index (χ3v) is 5.50. The highest BCUT2D eigenvalue weighted by atomic mass is 16.2. The summed E-state index contributed by atoms with van der Waals surface area (Å²) < 4.78 is 0. The Labute approximate surface area is 164 Å². The van der Waals surface area contributed by atoms with Crippen LogP contribution in [0.15, 0.2) is 78.9 Å². The lowest BCUT2D eigenvalue weighted by Gasteiger charge is -2.19. The van der Waals surface area contributed by atoms with Gasteiger partial charge in [0.05, 0.1) is 16.8 Å². The molecular formula is C25H20N2O. The van der Waals surface area contributed by atoms with Gasteiger partial charge in [-0.3, -0.25) is 4.79 Å². The van der Waals surface area contributed by atoms with E-state index in [0.717, 1.165) is 39.8 Å². The second-order valence-electron chi connectivity index (χ2n) is 7.22. The predicted octanol–water partition coefficient (Wildman–Crippen LogP) is 5.41. The Bertz CT molecular complexity index is 1210. The zero-order chi connectivity index (χ0) is 19.1. The zero-order valence-electron chi connectivity index (χ0n) is 15.7. The third kappa shape index (κ3) is 2.67. The molecule has 0 spiro atoms. The zero-order valence-corrected chi connectivity index (χ0v) is 15.7. The highest BCUT2D eigenvalue weighted by molar-refractivity contribution is 6.15. The number of fused-ring (bicyclic) bond motifs is 2. The van der Waals surface area contributed by atoms with Gasteiger partial charge in [-0.1, -0.05) is 60.7 Å². The summed E-state index contributed by atoms with van der Waals surface area (Å²) in [4.78, 5) is 20.3. The van der Waals surface area contributed by atoms with E-state index in [9.17, 15) is 4.79 Å². The summed E-state index contributed by atoms with van der Waals surface area (Å²) in [5, 5.41) is 0.897. The van der Waals surface area contributed by atoms with E-state index in [1.807, 2.05) is 65.6 Å². The maximum atomic E-state index is 13.6. The van der Waals surface area contributed by atoms with Gasteiger partial charge in [0.1, 0.15) is 0 Å². The predicted molar refractivity (Wildman–Crippen MR) is 114 cm³/mol. The minimum absolute atomic E-state index is 0.0402. The van der Waals surface area contributed by atoms with Crippen LogP contribution in [0.2, 0.25) is 0 Å². The lowest BCUT2D eigenvalue weighted by atomic mass is 10.0. The molecule has 0 saturated carbocycles. The second kappa shape index (κ2) is 6.61. The third-order valence-electron chi connectivity index (χ3n) is 5.50. The molecule has 3 aromatic carbocycles. The first-order valence-electron chi connectivity index (χ1n) is 9.58. The molecule has 1 amide bonds.